The highest BCUT2D eigenvalue weighted by Gasteiger charge is 2.19. The van der Waals surface area contributed by atoms with Crippen molar-refractivity contribution in [3.63, 3.8) is 0 Å². The molecule has 5 nitrogen and oxygen atoms in total. The van der Waals surface area contributed by atoms with Crippen LogP contribution in [-0.4, -0.2) is 32.8 Å². The number of hydrogen-bond donors (Lipinski definition) is 1. The summed E-state index contributed by atoms with van der Waals surface area (Å²) in [6.07, 6.45) is 3.41. The number of rotatable bonds is 7. The van der Waals surface area contributed by atoms with Gasteiger partial charge in [-0.05, 0) is 57.4 Å². The number of furan rings is 1. The number of ether oxygens (including phenoxy) is 2. The monoisotopic (exact) mass is 421 g/mol. The lowest BCUT2D eigenvalue weighted by Crippen LogP contribution is -2.34. The van der Waals surface area contributed by atoms with Crippen LogP contribution in [0.3, 0.4) is 0 Å². The minimum atomic E-state index is -0.163. The molecular formula is C26H31NO4. The molecule has 31 heavy (non-hydrogen) atoms. The zero-order chi connectivity index (χ0) is 22.7. The van der Waals surface area contributed by atoms with E-state index in [2.05, 4.69) is 43.4 Å². The number of aryl methyl sites for hydroxylation is 3. The lowest BCUT2D eigenvalue weighted by atomic mass is 9.94. The molecule has 3 aromatic rings. The molecule has 5 heteroatoms. The number of carbonyl (C=O) groups is 1. The first-order chi connectivity index (χ1) is 14.8. The second kappa shape index (κ2) is 9.40. The standard InChI is InChI=1S/C26H31NO4/c1-15-8-9-20(16(2)10-15)23-14-31-26-19(5)25(30-7)21(12-22(23)26)17(3)11-24(28)27-18(4)13-29-6/h8-12,14,18H,13H2,1-7H3,(H,27,28)/b17-11+. The first-order valence-corrected chi connectivity index (χ1v) is 10.4. The van der Waals surface area contributed by atoms with Crippen LogP contribution in [-0.2, 0) is 9.53 Å². The van der Waals surface area contributed by atoms with E-state index < -0.39 is 0 Å². The SMILES string of the molecule is COCC(C)NC(=O)/C=C(\C)c1cc2c(-c3ccc(C)cc3C)coc2c(C)c1OC. The number of amides is 1. The van der Waals surface area contributed by atoms with E-state index in [0.717, 1.165) is 38.8 Å². The van der Waals surface area contributed by atoms with Crippen molar-refractivity contribution in [2.75, 3.05) is 20.8 Å². The van der Waals surface area contributed by atoms with Gasteiger partial charge in [-0.15, -0.1) is 0 Å². The van der Waals surface area contributed by atoms with E-state index in [1.165, 1.54) is 11.1 Å². The third kappa shape index (κ3) is 4.67. The maximum atomic E-state index is 12.5. The Morgan fingerprint density at radius 2 is 1.90 bits per heavy atom. The Kier molecular flexibility index (Phi) is 6.86. The Balaban J connectivity index is 2.11. The predicted molar refractivity (Wildman–Crippen MR) is 126 cm³/mol. The van der Waals surface area contributed by atoms with Crippen molar-refractivity contribution >= 4 is 22.4 Å². The van der Waals surface area contributed by atoms with E-state index >= 15 is 0 Å². The molecule has 0 aliphatic rings. The molecule has 164 valence electrons. The van der Waals surface area contributed by atoms with Crippen LogP contribution in [0, 0.1) is 20.8 Å². The van der Waals surface area contributed by atoms with Crippen molar-refractivity contribution in [3.8, 4) is 16.9 Å². The van der Waals surface area contributed by atoms with Gasteiger partial charge in [-0.2, -0.15) is 0 Å². The van der Waals surface area contributed by atoms with Crippen molar-refractivity contribution in [1.82, 2.24) is 5.32 Å². The zero-order valence-corrected chi connectivity index (χ0v) is 19.4. The van der Waals surface area contributed by atoms with Crippen LogP contribution in [0.1, 0.15) is 36.1 Å². The fraction of sp³-hybridized carbons (Fsp3) is 0.346. The van der Waals surface area contributed by atoms with E-state index in [-0.39, 0.29) is 11.9 Å². The molecule has 0 saturated heterocycles. The van der Waals surface area contributed by atoms with Gasteiger partial charge in [-0.1, -0.05) is 23.8 Å². The van der Waals surface area contributed by atoms with Crippen LogP contribution in [0.15, 0.2) is 41.0 Å². The van der Waals surface area contributed by atoms with Crippen molar-refractivity contribution < 1.29 is 18.7 Å². The Morgan fingerprint density at radius 1 is 1.16 bits per heavy atom. The molecule has 3 rings (SSSR count). The smallest absolute Gasteiger partial charge is 0.244 e. The number of nitrogens with one attached hydrogen (secondary N) is 1. The van der Waals surface area contributed by atoms with Gasteiger partial charge in [-0.25, -0.2) is 0 Å². The Labute approximate surface area is 184 Å². The highest BCUT2D eigenvalue weighted by atomic mass is 16.5. The fourth-order valence-corrected chi connectivity index (χ4v) is 4.05. The van der Waals surface area contributed by atoms with Crippen LogP contribution in [0.2, 0.25) is 0 Å². The van der Waals surface area contributed by atoms with E-state index in [4.69, 9.17) is 13.9 Å². The average Bonchev–Trinajstić information content (AvgIpc) is 3.12. The summed E-state index contributed by atoms with van der Waals surface area (Å²) in [6, 6.07) is 8.38. The number of carbonyl (C=O) groups excluding carboxylic acids is 1. The fourth-order valence-electron chi connectivity index (χ4n) is 4.05. The molecule has 0 aliphatic carbocycles. The lowest BCUT2D eigenvalue weighted by molar-refractivity contribution is -0.117. The van der Waals surface area contributed by atoms with Crippen molar-refractivity contribution in [2.45, 2.75) is 40.7 Å². The molecule has 1 N–H and O–H groups in total. The van der Waals surface area contributed by atoms with Gasteiger partial charge in [0, 0.05) is 41.3 Å². The summed E-state index contributed by atoms with van der Waals surface area (Å²) in [7, 11) is 3.25. The number of allylic oxidation sites excluding steroid dienone is 1. The molecule has 1 unspecified atom stereocenters. The lowest BCUT2D eigenvalue weighted by Gasteiger charge is -2.15. The number of methoxy groups -OCH3 is 2. The molecule has 1 heterocycles. The molecule has 2 aromatic carbocycles. The van der Waals surface area contributed by atoms with Crippen LogP contribution >= 0.6 is 0 Å². The minimum absolute atomic E-state index is 0.0716. The van der Waals surface area contributed by atoms with Gasteiger partial charge in [0.1, 0.15) is 11.3 Å². The Bertz CT molecular complexity index is 1140. The molecule has 1 aromatic heterocycles. The number of hydrogen-bond acceptors (Lipinski definition) is 4. The van der Waals surface area contributed by atoms with Crippen molar-refractivity contribution in [2.24, 2.45) is 0 Å². The average molecular weight is 422 g/mol. The molecule has 1 amide bonds. The molecular weight excluding hydrogens is 390 g/mol. The predicted octanol–water partition coefficient (Wildman–Crippen LogP) is 5.59. The van der Waals surface area contributed by atoms with E-state index in [1.807, 2.05) is 20.8 Å². The van der Waals surface area contributed by atoms with Gasteiger partial charge < -0.3 is 19.2 Å². The van der Waals surface area contributed by atoms with Gasteiger partial charge in [0.25, 0.3) is 0 Å². The van der Waals surface area contributed by atoms with E-state index in [1.54, 1.807) is 26.6 Å². The summed E-state index contributed by atoms with van der Waals surface area (Å²) >= 11 is 0. The highest BCUT2D eigenvalue weighted by molar-refractivity contribution is 6.02. The van der Waals surface area contributed by atoms with Crippen LogP contribution in [0.5, 0.6) is 5.75 Å². The van der Waals surface area contributed by atoms with Crippen LogP contribution in [0.4, 0.5) is 0 Å². The van der Waals surface area contributed by atoms with Gasteiger partial charge in [-0.3, -0.25) is 4.79 Å². The zero-order valence-electron chi connectivity index (χ0n) is 19.4. The van der Waals surface area contributed by atoms with Crippen LogP contribution < -0.4 is 10.1 Å². The molecule has 0 radical (unpaired) electrons. The summed E-state index contributed by atoms with van der Waals surface area (Å²) < 4.78 is 16.8. The molecule has 1 atom stereocenters. The summed E-state index contributed by atoms with van der Waals surface area (Å²) in [5.41, 5.74) is 7.97. The maximum Gasteiger partial charge on any atom is 0.244 e. The van der Waals surface area contributed by atoms with Gasteiger partial charge in [0.2, 0.25) is 5.91 Å². The van der Waals surface area contributed by atoms with Crippen LogP contribution in [0.25, 0.3) is 27.7 Å². The van der Waals surface area contributed by atoms with E-state index in [9.17, 15) is 4.79 Å². The summed E-state index contributed by atoms with van der Waals surface area (Å²) in [4.78, 5) is 12.5. The maximum absolute atomic E-state index is 12.5. The van der Waals surface area contributed by atoms with E-state index in [0.29, 0.717) is 12.4 Å². The van der Waals surface area contributed by atoms with Crippen molar-refractivity contribution in [3.05, 3.63) is 58.9 Å². The third-order valence-electron chi connectivity index (χ3n) is 5.50. The first-order valence-electron chi connectivity index (χ1n) is 10.4. The quantitative estimate of drug-likeness (QED) is 0.505. The summed E-state index contributed by atoms with van der Waals surface area (Å²) in [5, 5.41) is 3.92. The first kappa shape index (κ1) is 22.6. The van der Waals surface area contributed by atoms with Gasteiger partial charge in [0.05, 0.1) is 20.0 Å². The third-order valence-corrected chi connectivity index (χ3v) is 5.50. The number of benzene rings is 2. The molecule has 0 fully saturated rings. The van der Waals surface area contributed by atoms with Gasteiger partial charge >= 0.3 is 0 Å². The molecule has 0 aliphatic heterocycles. The molecule has 0 saturated carbocycles. The molecule has 0 spiro atoms. The Hall–Kier alpha value is -3.05. The highest BCUT2D eigenvalue weighted by Crippen LogP contribution is 2.41. The largest absolute Gasteiger partial charge is 0.496 e. The summed E-state index contributed by atoms with van der Waals surface area (Å²) in [5.74, 6) is 0.546. The minimum Gasteiger partial charge on any atom is -0.496 e. The van der Waals surface area contributed by atoms with Gasteiger partial charge in [0.15, 0.2) is 0 Å². The normalized spacial score (nSPS) is 12.8. The molecule has 0 bridgehead atoms. The number of fused-ring (bicyclic) bond motifs is 1. The second-order valence-electron chi connectivity index (χ2n) is 8.12. The Morgan fingerprint density at radius 3 is 2.55 bits per heavy atom. The topological polar surface area (TPSA) is 60.7 Å². The van der Waals surface area contributed by atoms with Crippen molar-refractivity contribution in [1.29, 1.82) is 0 Å². The second-order valence-corrected chi connectivity index (χ2v) is 8.12. The summed E-state index contributed by atoms with van der Waals surface area (Å²) in [6.45, 7) is 10.5.